The minimum absolute atomic E-state index is 0.0321. The van der Waals surface area contributed by atoms with Crippen LogP contribution in [0.15, 0.2) is 4.42 Å². The number of hydrogen-bond donors (Lipinski definition) is 2. The van der Waals surface area contributed by atoms with Crippen LogP contribution in [0.5, 0.6) is 0 Å². The summed E-state index contributed by atoms with van der Waals surface area (Å²) in [6, 6.07) is -0.0898. The molecule has 0 spiro atoms. The van der Waals surface area contributed by atoms with E-state index in [1.807, 2.05) is 0 Å². The molecule has 0 atom stereocenters. The van der Waals surface area contributed by atoms with Crippen molar-refractivity contribution < 1.29 is 17.6 Å². The molecule has 0 bridgehead atoms. The van der Waals surface area contributed by atoms with Crippen LogP contribution in [0.4, 0.5) is 25.2 Å². The standard InChI is InChI=1S/C6H9F3N4O/c7-6(8,9)2-1-3-11-5-13-12-4(10)14-5/h1-3H2,(H2,10,12)(H,11,13). The fraction of sp³-hybridized carbons (Fsp3) is 0.667. The third-order valence-electron chi connectivity index (χ3n) is 1.35. The molecule has 0 saturated carbocycles. The topological polar surface area (TPSA) is 77.0 Å². The highest BCUT2D eigenvalue weighted by atomic mass is 19.4. The first-order valence-corrected chi connectivity index (χ1v) is 3.87. The Morgan fingerprint density at radius 1 is 1.36 bits per heavy atom. The SMILES string of the molecule is Nc1nnc(NCCCC(F)(F)F)o1. The molecule has 0 radical (unpaired) electrons. The highest BCUT2D eigenvalue weighted by Gasteiger charge is 2.25. The summed E-state index contributed by atoms with van der Waals surface area (Å²) in [5.74, 6) is 0. The molecule has 80 valence electrons. The first kappa shape index (κ1) is 10.6. The van der Waals surface area contributed by atoms with Gasteiger partial charge in [-0.25, -0.2) is 0 Å². The summed E-state index contributed by atoms with van der Waals surface area (Å²) >= 11 is 0. The van der Waals surface area contributed by atoms with Gasteiger partial charge < -0.3 is 15.5 Å². The molecule has 1 rings (SSSR count). The minimum Gasteiger partial charge on any atom is -0.390 e. The van der Waals surface area contributed by atoms with Crippen LogP contribution in [-0.2, 0) is 0 Å². The summed E-state index contributed by atoms with van der Waals surface area (Å²) in [5.41, 5.74) is 5.09. The lowest BCUT2D eigenvalue weighted by Crippen LogP contribution is -2.11. The maximum Gasteiger partial charge on any atom is 0.389 e. The van der Waals surface area contributed by atoms with E-state index in [1.54, 1.807) is 0 Å². The number of rotatable bonds is 4. The minimum atomic E-state index is -4.13. The van der Waals surface area contributed by atoms with E-state index in [-0.39, 0.29) is 25.0 Å². The van der Waals surface area contributed by atoms with Gasteiger partial charge in [-0.3, -0.25) is 0 Å². The lowest BCUT2D eigenvalue weighted by atomic mass is 10.3. The number of hydrogen-bond acceptors (Lipinski definition) is 5. The summed E-state index contributed by atoms with van der Waals surface area (Å²) in [4.78, 5) is 0. The average molecular weight is 210 g/mol. The number of nitrogens with two attached hydrogens (primary N) is 1. The lowest BCUT2D eigenvalue weighted by Gasteiger charge is -2.05. The summed E-state index contributed by atoms with van der Waals surface area (Å²) in [6.07, 6.45) is -5.02. The fourth-order valence-corrected chi connectivity index (χ4v) is 0.790. The second-order valence-electron chi connectivity index (χ2n) is 2.59. The van der Waals surface area contributed by atoms with Gasteiger partial charge in [0, 0.05) is 13.0 Å². The van der Waals surface area contributed by atoms with E-state index in [0.29, 0.717) is 0 Å². The van der Waals surface area contributed by atoms with Crippen LogP contribution in [0, 0.1) is 0 Å². The Hall–Kier alpha value is -1.47. The van der Waals surface area contributed by atoms with E-state index in [1.165, 1.54) is 0 Å². The number of aromatic nitrogens is 2. The fourth-order valence-electron chi connectivity index (χ4n) is 0.790. The molecule has 0 fully saturated rings. The molecule has 5 nitrogen and oxygen atoms in total. The Kier molecular flexibility index (Phi) is 3.15. The van der Waals surface area contributed by atoms with Gasteiger partial charge in [0.05, 0.1) is 0 Å². The average Bonchev–Trinajstić information content (AvgIpc) is 2.44. The molecule has 0 aliphatic carbocycles. The van der Waals surface area contributed by atoms with E-state index < -0.39 is 12.6 Å². The molecule has 1 aromatic heterocycles. The zero-order valence-electron chi connectivity index (χ0n) is 7.14. The van der Waals surface area contributed by atoms with Crippen molar-refractivity contribution in [1.29, 1.82) is 0 Å². The predicted octanol–water partition coefficient (Wildman–Crippen LogP) is 1.41. The monoisotopic (exact) mass is 210 g/mol. The van der Waals surface area contributed by atoms with Crippen LogP contribution >= 0.6 is 0 Å². The Labute approximate surface area is 77.5 Å². The van der Waals surface area contributed by atoms with Crippen molar-refractivity contribution in [2.75, 3.05) is 17.6 Å². The van der Waals surface area contributed by atoms with Crippen LogP contribution < -0.4 is 11.1 Å². The molecule has 0 amide bonds. The third kappa shape index (κ3) is 3.97. The maximum atomic E-state index is 11.7. The van der Waals surface area contributed by atoms with E-state index in [0.717, 1.165) is 0 Å². The van der Waals surface area contributed by atoms with Crippen LogP contribution in [0.3, 0.4) is 0 Å². The van der Waals surface area contributed by atoms with Crippen molar-refractivity contribution in [3.8, 4) is 0 Å². The van der Waals surface area contributed by atoms with Crippen molar-refractivity contribution in [3.05, 3.63) is 0 Å². The number of nitrogens with one attached hydrogen (secondary N) is 1. The van der Waals surface area contributed by atoms with E-state index >= 15 is 0 Å². The number of nitrogen functional groups attached to an aromatic ring is 1. The van der Waals surface area contributed by atoms with Crippen LogP contribution in [-0.4, -0.2) is 22.9 Å². The number of alkyl halides is 3. The van der Waals surface area contributed by atoms with Crippen molar-refractivity contribution in [3.63, 3.8) is 0 Å². The van der Waals surface area contributed by atoms with Gasteiger partial charge in [-0.15, -0.1) is 0 Å². The van der Waals surface area contributed by atoms with Gasteiger partial charge in [-0.2, -0.15) is 13.2 Å². The molecule has 8 heteroatoms. The van der Waals surface area contributed by atoms with Crippen LogP contribution in [0.1, 0.15) is 12.8 Å². The van der Waals surface area contributed by atoms with Gasteiger partial charge in [-0.1, -0.05) is 10.2 Å². The maximum absolute atomic E-state index is 11.7. The molecule has 0 aliphatic heterocycles. The molecular formula is C6H9F3N4O. The number of anilines is 2. The van der Waals surface area contributed by atoms with Gasteiger partial charge in [-0.05, 0) is 6.42 Å². The van der Waals surface area contributed by atoms with Crippen LogP contribution in [0.2, 0.25) is 0 Å². The second-order valence-corrected chi connectivity index (χ2v) is 2.59. The van der Waals surface area contributed by atoms with Crippen molar-refractivity contribution in [1.82, 2.24) is 10.2 Å². The van der Waals surface area contributed by atoms with Gasteiger partial charge in [0.2, 0.25) is 0 Å². The summed E-state index contributed by atoms with van der Waals surface area (Å²) < 4.78 is 39.7. The molecule has 3 N–H and O–H groups in total. The summed E-state index contributed by atoms with van der Waals surface area (Å²) in [6.45, 7) is 0.112. The molecule has 14 heavy (non-hydrogen) atoms. The molecule has 0 unspecified atom stereocenters. The molecule has 1 heterocycles. The summed E-state index contributed by atoms with van der Waals surface area (Å²) in [7, 11) is 0. The van der Waals surface area contributed by atoms with Gasteiger partial charge >= 0.3 is 18.2 Å². The van der Waals surface area contributed by atoms with E-state index in [9.17, 15) is 13.2 Å². The number of nitrogens with zero attached hydrogens (tertiary/aromatic N) is 2. The molecule has 0 saturated heterocycles. The summed E-state index contributed by atoms with van der Waals surface area (Å²) in [5, 5.41) is 9.25. The van der Waals surface area contributed by atoms with Gasteiger partial charge in [0.1, 0.15) is 0 Å². The molecule has 0 aromatic carbocycles. The number of halogens is 3. The van der Waals surface area contributed by atoms with Gasteiger partial charge in [0.25, 0.3) is 0 Å². The van der Waals surface area contributed by atoms with E-state index in [4.69, 9.17) is 5.73 Å². The van der Waals surface area contributed by atoms with E-state index in [2.05, 4.69) is 19.9 Å². The Morgan fingerprint density at radius 3 is 2.57 bits per heavy atom. The normalized spacial score (nSPS) is 11.6. The second kappa shape index (κ2) is 4.16. The Morgan fingerprint density at radius 2 is 2.07 bits per heavy atom. The zero-order valence-corrected chi connectivity index (χ0v) is 7.14. The first-order chi connectivity index (χ1) is 6.47. The predicted molar refractivity (Wildman–Crippen MR) is 42.5 cm³/mol. The van der Waals surface area contributed by atoms with Crippen molar-refractivity contribution in [2.24, 2.45) is 0 Å². The third-order valence-corrected chi connectivity index (χ3v) is 1.35. The first-order valence-electron chi connectivity index (χ1n) is 3.87. The largest absolute Gasteiger partial charge is 0.390 e. The smallest absolute Gasteiger partial charge is 0.389 e. The lowest BCUT2D eigenvalue weighted by molar-refractivity contribution is -0.134. The highest BCUT2D eigenvalue weighted by molar-refractivity contribution is 5.21. The highest BCUT2D eigenvalue weighted by Crippen LogP contribution is 2.21. The Balaban J connectivity index is 2.16. The van der Waals surface area contributed by atoms with Crippen molar-refractivity contribution in [2.45, 2.75) is 19.0 Å². The molecule has 0 aliphatic rings. The molecular weight excluding hydrogens is 201 g/mol. The zero-order chi connectivity index (χ0) is 10.6. The quantitative estimate of drug-likeness (QED) is 0.734. The Bertz CT molecular complexity index is 285. The molecule has 1 aromatic rings. The van der Waals surface area contributed by atoms with Gasteiger partial charge in [0.15, 0.2) is 0 Å². The van der Waals surface area contributed by atoms with Crippen LogP contribution in [0.25, 0.3) is 0 Å². The van der Waals surface area contributed by atoms with Crippen molar-refractivity contribution >= 4 is 12.0 Å².